The lowest BCUT2D eigenvalue weighted by atomic mass is 10.1. The molecule has 7 nitrogen and oxygen atoms in total. The second kappa shape index (κ2) is 8.42. The number of sulfonamides is 2. The number of para-hydroxylation sites is 2. The molecule has 0 atom stereocenters. The Morgan fingerprint density at radius 2 is 1.18 bits per heavy atom. The number of rotatable bonds is 6. The van der Waals surface area contributed by atoms with Crippen molar-refractivity contribution in [3.8, 4) is 5.75 Å². The van der Waals surface area contributed by atoms with E-state index in [1.54, 1.807) is 56.3 Å². The number of anilines is 2. The molecule has 170 valence electrons. The fourth-order valence-corrected chi connectivity index (χ4v) is 5.81. The third-order valence-corrected chi connectivity index (χ3v) is 8.03. The molecule has 0 saturated heterocycles. The van der Waals surface area contributed by atoms with E-state index >= 15 is 0 Å². The van der Waals surface area contributed by atoms with Gasteiger partial charge in [0.1, 0.15) is 10.6 Å². The lowest BCUT2D eigenvalue weighted by molar-refractivity contribution is 0.460. The zero-order chi connectivity index (χ0) is 23.8. The van der Waals surface area contributed by atoms with Gasteiger partial charge in [0.15, 0.2) is 0 Å². The van der Waals surface area contributed by atoms with Crippen LogP contribution >= 0.6 is 0 Å². The molecule has 4 rings (SSSR count). The van der Waals surface area contributed by atoms with E-state index in [1.165, 1.54) is 30.3 Å². The first kappa shape index (κ1) is 22.6. The van der Waals surface area contributed by atoms with Gasteiger partial charge < -0.3 is 5.11 Å². The van der Waals surface area contributed by atoms with Crippen LogP contribution in [-0.2, 0) is 20.0 Å². The summed E-state index contributed by atoms with van der Waals surface area (Å²) in [5, 5.41) is 11.3. The zero-order valence-corrected chi connectivity index (χ0v) is 19.5. The van der Waals surface area contributed by atoms with E-state index in [0.717, 1.165) is 11.1 Å². The molecular formula is C24H22N2O5S2. The van der Waals surface area contributed by atoms with Crippen molar-refractivity contribution in [3.63, 3.8) is 0 Å². The number of phenolic OH excluding ortho intramolecular Hbond substituents is 1. The average molecular weight is 483 g/mol. The van der Waals surface area contributed by atoms with Crippen LogP contribution in [0, 0.1) is 13.8 Å². The quantitative estimate of drug-likeness (QED) is 0.367. The van der Waals surface area contributed by atoms with Crippen LogP contribution in [0.15, 0.2) is 88.7 Å². The highest BCUT2D eigenvalue weighted by Crippen LogP contribution is 2.32. The van der Waals surface area contributed by atoms with E-state index in [2.05, 4.69) is 9.44 Å². The maximum atomic E-state index is 12.9. The number of hydrogen-bond donors (Lipinski definition) is 3. The smallest absolute Gasteiger partial charge is 0.265 e. The Labute approximate surface area is 192 Å². The van der Waals surface area contributed by atoms with Gasteiger partial charge in [-0.3, -0.25) is 9.44 Å². The molecule has 0 aliphatic rings. The SMILES string of the molecule is Cc1ccccc1NS(=O)(=O)c1ccc2cc(S(=O)(=O)Nc3ccccc3C)c(O)cc2c1. The van der Waals surface area contributed by atoms with Gasteiger partial charge in [0.05, 0.1) is 16.3 Å². The van der Waals surface area contributed by atoms with Crippen molar-refractivity contribution in [3.05, 3.63) is 90.0 Å². The van der Waals surface area contributed by atoms with E-state index < -0.39 is 25.8 Å². The maximum absolute atomic E-state index is 12.9. The van der Waals surface area contributed by atoms with Crippen LogP contribution in [-0.4, -0.2) is 21.9 Å². The van der Waals surface area contributed by atoms with Crippen molar-refractivity contribution in [2.75, 3.05) is 9.44 Å². The third-order valence-electron chi connectivity index (χ3n) is 5.27. The predicted octanol–water partition coefficient (Wildman–Crippen LogP) is 4.76. The van der Waals surface area contributed by atoms with Crippen LogP contribution in [0.2, 0.25) is 0 Å². The van der Waals surface area contributed by atoms with E-state index in [1.807, 2.05) is 6.07 Å². The number of benzene rings is 4. The molecule has 0 aliphatic heterocycles. The van der Waals surface area contributed by atoms with Gasteiger partial charge in [-0.15, -0.1) is 0 Å². The lowest BCUT2D eigenvalue weighted by Gasteiger charge is -2.13. The molecule has 0 aromatic heterocycles. The minimum Gasteiger partial charge on any atom is -0.506 e. The minimum atomic E-state index is -4.07. The van der Waals surface area contributed by atoms with E-state index in [4.69, 9.17) is 0 Å². The van der Waals surface area contributed by atoms with Crippen molar-refractivity contribution >= 4 is 42.2 Å². The van der Waals surface area contributed by atoms with Crippen molar-refractivity contribution in [1.82, 2.24) is 0 Å². The summed E-state index contributed by atoms with van der Waals surface area (Å²) in [5.41, 5.74) is 2.37. The Morgan fingerprint density at radius 3 is 1.76 bits per heavy atom. The molecule has 0 bridgehead atoms. The Morgan fingerprint density at radius 1 is 0.636 bits per heavy atom. The highest BCUT2D eigenvalue weighted by atomic mass is 32.2. The van der Waals surface area contributed by atoms with Crippen LogP contribution in [0.4, 0.5) is 11.4 Å². The molecule has 33 heavy (non-hydrogen) atoms. The van der Waals surface area contributed by atoms with Crippen LogP contribution in [0.25, 0.3) is 10.8 Å². The summed E-state index contributed by atoms with van der Waals surface area (Å²) in [6, 6.07) is 20.8. The van der Waals surface area contributed by atoms with Crippen molar-refractivity contribution in [2.45, 2.75) is 23.6 Å². The Balaban J connectivity index is 1.70. The number of phenols is 1. The predicted molar refractivity (Wildman–Crippen MR) is 130 cm³/mol. The standard InChI is InChI=1S/C24H22N2O5S2/c1-16-7-3-5-9-21(16)25-32(28,29)20-12-11-18-15-24(23(27)14-19(18)13-20)33(30,31)26-22-10-6-4-8-17(22)2/h3-15,25-27H,1-2H3. The van der Waals surface area contributed by atoms with Crippen molar-refractivity contribution < 1.29 is 21.9 Å². The summed E-state index contributed by atoms with van der Waals surface area (Å²) in [7, 11) is -7.96. The molecule has 4 aromatic rings. The molecule has 0 radical (unpaired) electrons. The summed E-state index contributed by atoms with van der Waals surface area (Å²) in [6.07, 6.45) is 0. The number of hydrogen-bond acceptors (Lipinski definition) is 5. The number of fused-ring (bicyclic) bond motifs is 1. The zero-order valence-electron chi connectivity index (χ0n) is 17.9. The summed E-state index contributed by atoms with van der Waals surface area (Å²) in [4.78, 5) is -0.307. The number of aryl methyl sites for hydroxylation is 2. The second-order valence-electron chi connectivity index (χ2n) is 7.67. The second-order valence-corrected chi connectivity index (χ2v) is 11.0. The van der Waals surface area contributed by atoms with Crippen LogP contribution in [0.3, 0.4) is 0 Å². The average Bonchev–Trinajstić information content (AvgIpc) is 2.76. The normalized spacial score (nSPS) is 11.9. The highest BCUT2D eigenvalue weighted by molar-refractivity contribution is 7.93. The molecule has 0 aliphatic carbocycles. The van der Waals surface area contributed by atoms with E-state index in [0.29, 0.717) is 22.1 Å². The van der Waals surface area contributed by atoms with Gasteiger partial charge in [-0.05, 0) is 72.1 Å². The van der Waals surface area contributed by atoms with Gasteiger partial charge >= 0.3 is 0 Å². The summed E-state index contributed by atoms with van der Waals surface area (Å²) < 4.78 is 56.6. The largest absolute Gasteiger partial charge is 0.506 e. The van der Waals surface area contributed by atoms with Crippen LogP contribution < -0.4 is 9.44 Å². The Bertz CT molecular complexity index is 1580. The van der Waals surface area contributed by atoms with Crippen LogP contribution in [0.5, 0.6) is 5.75 Å². The summed E-state index contributed by atoms with van der Waals surface area (Å²) >= 11 is 0. The third kappa shape index (κ3) is 4.64. The van der Waals surface area contributed by atoms with Crippen molar-refractivity contribution in [2.24, 2.45) is 0 Å². The van der Waals surface area contributed by atoms with Gasteiger partial charge in [-0.2, -0.15) is 0 Å². The first-order valence-corrected chi connectivity index (χ1v) is 13.0. The number of nitrogens with one attached hydrogen (secondary N) is 2. The Kier molecular flexibility index (Phi) is 5.77. The monoisotopic (exact) mass is 482 g/mol. The van der Waals surface area contributed by atoms with Gasteiger partial charge in [0.25, 0.3) is 20.0 Å². The first-order valence-electron chi connectivity index (χ1n) is 10.0. The molecule has 0 spiro atoms. The van der Waals surface area contributed by atoms with Gasteiger partial charge in [0, 0.05) is 0 Å². The minimum absolute atomic E-state index is 0.00806. The molecule has 4 aromatic carbocycles. The molecule has 3 N–H and O–H groups in total. The fraction of sp³-hybridized carbons (Fsp3) is 0.0833. The molecule has 9 heteroatoms. The van der Waals surface area contributed by atoms with Gasteiger partial charge in [-0.1, -0.05) is 42.5 Å². The summed E-state index contributed by atoms with van der Waals surface area (Å²) in [6.45, 7) is 3.56. The van der Waals surface area contributed by atoms with Gasteiger partial charge in [0.2, 0.25) is 0 Å². The Hall–Kier alpha value is -3.56. The number of aromatic hydroxyl groups is 1. The van der Waals surface area contributed by atoms with Crippen LogP contribution in [0.1, 0.15) is 11.1 Å². The molecule has 0 amide bonds. The van der Waals surface area contributed by atoms with Crippen molar-refractivity contribution in [1.29, 1.82) is 0 Å². The van der Waals surface area contributed by atoms with E-state index in [9.17, 15) is 21.9 Å². The maximum Gasteiger partial charge on any atom is 0.265 e. The van der Waals surface area contributed by atoms with Gasteiger partial charge in [-0.25, -0.2) is 16.8 Å². The molecule has 0 unspecified atom stereocenters. The molecule has 0 saturated carbocycles. The highest BCUT2D eigenvalue weighted by Gasteiger charge is 2.22. The molecular weight excluding hydrogens is 460 g/mol. The first-order chi connectivity index (χ1) is 15.6. The molecule has 0 fully saturated rings. The fourth-order valence-electron chi connectivity index (χ4n) is 3.40. The summed E-state index contributed by atoms with van der Waals surface area (Å²) in [5.74, 6) is -0.481. The lowest BCUT2D eigenvalue weighted by Crippen LogP contribution is -2.14. The topological polar surface area (TPSA) is 113 Å². The molecule has 0 heterocycles. The van der Waals surface area contributed by atoms with E-state index in [-0.39, 0.29) is 9.79 Å².